The third-order valence-corrected chi connectivity index (χ3v) is 5.04. The second-order valence-corrected chi connectivity index (χ2v) is 7.14. The number of amides is 1. The molecule has 8 heteroatoms. The van der Waals surface area contributed by atoms with Gasteiger partial charge in [-0.3, -0.25) is 4.79 Å². The van der Waals surface area contributed by atoms with Crippen LogP contribution in [-0.2, 0) is 5.75 Å². The van der Waals surface area contributed by atoms with Gasteiger partial charge < -0.3 is 15.6 Å². The summed E-state index contributed by atoms with van der Waals surface area (Å²) in [5.74, 6) is 0.655. The quantitative estimate of drug-likeness (QED) is 0.453. The highest BCUT2D eigenvalue weighted by atomic mass is 35.5. The first-order valence-electron chi connectivity index (χ1n) is 8.84. The average molecular weight is 441 g/mol. The minimum absolute atomic E-state index is 0. The largest absolute Gasteiger partial charge is 0.350 e. The van der Waals surface area contributed by atoms with Crippen LogP contribution in [-0.4, -0.2) is 35.0 Å². The van der Waals surface area contributed by atoms with Crippen molar-refractivity contribution in [3.63, 3.8) is 0 Å². The molecule has 0 aliphatic carbocycles. The van der Waals surface area contributed by atoms with Crippen LogP contribution in [0.5, 0.6) is 0 Å². The number of nitrogens with one attached hydrogen (secondary N) is 3. The predicted molar refractivity (Wildman–Crippen MR) is 122 cm³/mol. The number of hydrogen-bond acceptors (Lipinski definition) is 4. The Morgan fingerprint density at radius 2 is 1.86 bits per heavy atom. The number of aromatic amines is 1. The van der Waals surface area contributed by atoms with Crippen molar-refractivity contribution in [2.75, 3.05) is 13.1 Å². The molecular formula is C20H26Cl2N4OS. The Morgan fingerprint density at radius 1 is 1.14 bits per heavy atom. The Kier molecular flexibility index (Phi) is 10.4. The highest BCUT2D eigenvalue weighted by Crippen LogP contribution is 2.24. The van der Waals surface area contributed by atoms with Crippen molar-refractivity contribution in [3.05, 3.63) is 59.7 Å². The van der Waals surface area contributed by atoms with Crippen molar-refractivity contribution in [2.45, 2.75) is 30.8 Å². The third-order valence-electron chi connectivity index (χ3n) is 4.12. The predicted octanol–water partition coefficient (Wildman–Crippen LogP) is 4.43. The zero-order chi connectivity index (χ0) is 18.4. The lowest BCUT2D eigenvalue weighted by molar-refractivity contribution is 0.0949. The Hall–Kier alpha value is -1.73. The molecule has 5 nitrogen and oxygen atoms in total. The highest BCUT2D eigenvalue weighted by molar-refractivity contribution is 7.98. The molecule has 1 aromatic heterocycles. The molecule has 2 aromatic carbocycles. The SMILES string of the molecule is CCN[C@H](C)CNC(=O)c1ccccc1CSc1nc2ccccc2[nH]1.Cl.Cl. The first-order valence-corrected chi connectivity index (χ1v) is 9.83. The number of carbonyl (C=O) groups is 1. The van der Waals surface area contributed by atoms with Crippen molar-refractivity contribution < 1.29 is 4.79 Å². The normalized spacial score (nSPS) is 11.4. The van der Waals surface area contributed by atoms with Gasteiger partial charge in [-0.2, -0.15) is 0 Å². The Morgan fingerprint density at radius 3 is 2.61 bits per heavy atom. The fourth-order valence-electron chi connectivity index (χ4n) is 2.77. The van der Waals surface area contributed by atoms with Gasteiger partial charge in [0, 0.05) is 23.9 Å². The third kappa shape index (κ3) is 6.41. The number of rotatable bonds is 8. The second-order valence-electron chi connectivity index (χ2n) is 6.17. The summed E-state index contributed by atoms with van der Waals surface area (Å²) in [7, 11) is 0. The van der Waals surface area contributed by atoms with Crippen LogP contribution in [0, 0.1) is 0 Å². The molecule has 0 bridgehead atoms. The van der Waals surface area contributed by atoms with Crippen molar-refractivity contribution in [3.8, 4) is 0 Å². The van der Waals surface area contributed by atoms with Gasteiger partial charge in [0.15, 0.2) is 5.16 Å². The smallest absolute Gasteiger partial charge is 0.251 e. The number of hydrogen-bond donors (Lipinski definition) is 3. The van der Waals surface area contributed by atoms with Gasteiger partial charge in [0.1, 0.15) is 0 Å². The maximum absolute atomic E-state index is 12.6. The van der Waals surface area contributed by atoms with Gasteiger partial charge in [-0.15, -0.1) is 24.8 Å². The molecule has 0 fully saturated rings. The van der Waals surface area contributed by atoms with E-state index in [1.165, 1.54) is 0 Å². The van der Waals surface area contributed by atoms with Gasteiger partial charge in [-0.25, -0.2) is 4.98 Å². The van der Waals surface area contributed by atoms with E-state index in [0.717, 1.165) is 33.9 Å². The van der Waals surface area contributed by atoms with Crippen LogP contribution in [0.3, 0.4) is 0 Å². The van der Waals surface area contributed by atoms with Gasteiger partial charge in [-0.1, -0.05) is 49.0 Å². The zero-order valence-electron chi connectivity index (χ0n) is 15.9. The molecular weight excluding hydrogens is 415 g/mol. The van der Waals surface area contributed by atoms with E-state index >= 15 is 0 Å². The minimum Gasteiger partial charge on any atom is -0.350 e. The molecule has 1 amide bonds. The van der Waals surface area contributed by atoms with E-state index in [1.807, 2.05) is 48.5 Å². The average Bonchev–Trinajstić information content (AvgIpc) is 3.08. The summed E-state index contributed by atoms with van der Waals surface area (Å²) < 4.78 is 0. The van der Waals surface area contributed by atoms with Crippen LogP contribution < -0.4 is 10.6 Å². The number of nitrogens with zero attached hydrogens (tertiary/aromatic N) is 1. The lowest BCUT2D eigenvalue weighted by atomic mass is 10.1. The van der Waals surface area contributed by atoms with E-state index in [4.69, 9.17) is 0 Å². The number of likely N-dealkylation sites (N-methyl/N-ethyl adjacent to an activating group) is 1. The Balaban J connectivity index is 0.00000196. The van der Waals surface area contributed by atoms with Gasteiger partial charge >= 0.3 is 0 Å². The number of carbonyl (C=O) groups excluding carboxylic acids is 1. The number of aromatic nitrogens is 2. The van der Waals surface area contributed by atoms with Crippen LogP contribution in [0.2, 0.25) is 0 Å². The summed E-state index contributed by atoms with van der Waals surface area (Å²) in [5, 5.41) is 7.17. The van der Waals surface area contributed by atoms with E-state index in [9.17, 15) is 4.79 Å². The molecule has 3 aromatic rings. The first kappa shape index (κ1) is 24.3. The second kappa shape index (κ2) is 12.0. The summed E-state index contributed by atoms with van der Waals surface area (Å²) in [6.07, 6.45) is 0. The molecule has 3 N–H and O–H groups in total. The molecule has 152 valence electrons. The number of halogens is 2. The molecule has 1 heterocycles. The van der Waals surface area contributed by atoms with Crippen LogP contribution in [0.4, 0.5) is 0 Å². The minimum atomic E-state index is -0.0319. The lowest BCUT2D eigenvalue weighted by Gasteiger charge is -2.14. The van der Waals surface area contributed by atoms with E-state index in [1.54, 1.807) is 11.8 Å². The van der Waals surface area contributed by atoms with Crippen molar-refractivity contribution >= 4 is 53.5 Å². The number of thioether (sulfide) groups is 1. The van der Waals surface area contributed by atoms with Crippen LogP contribution in [0.15, 0.2) is 53.7 Å². The number of imidazole rings is 1. The maximum atomic E-state index is 12.6. The van der Waals surface area contributed by atoms with Crippen LogP contribution in [0.1, 0.15) is 29.8 Å². The van der Waals surface area contributed by atoms with E-state index < -0.39 is 0 Å². The van der Waals surface area contributed by atoms with Crippen molar-refractivity contribution in [1.29, 1.82) is 0 Å². The van der Waals surface area contributed by atoms with E-state index in [2.05, 4.69) is 34.4 Å². The summed E-state index contributed by atoms with van der Waals surface area (Å²) in [6.45, 7) is 5.62. The molecule has 0 unspecified atom stereocenters. The van der Waals surface area contributed by atoms with E-state index in [-0.39, 0.29) is 36.8 Å². The molecule has 1 atom stereocenters. The summed E-state index contributed by atoms with van der Waals surface area (Å²) >= 11 is 1.60. The summed E-state index contributed by atoms with van der Waals surface area (Å²) in [4.78, 5) is 20.4. The summed E-state index contributed by atoms with van der Waals surface area (Å²) in [6, 6.07) is 16.0. The molecule has 0 saturated carbocycles. The number of H-pyrrole nitrogens is 1. The molecule has 0 radical (unpaired) electrons. The van der Waals surface area contributed by atoms with Crippen LogP contribution in [0.25, 0.3) is 11.0 Å². The molecule has 0 saturated heterocycles. The van der Waals surface area contributed by atoms with Crippen molar-refractivity contribution in [1.82, 2.24) is 20.6 Å². The fraction of sp³-hybridized carbons (Fsp3) is 0.300. The molecule has 0 spiro atoms. The molecule has 0 aliphatic heterocycles. The lowest BCUT2D eigenvalue weighted by Crippen LogP contribution is -2.39. The number of para-hydroxylation sites is 2. The van der Waals surface area contributed by atoms with Gasteiger partial charge in [0.2, 0.25) is 0 Å². The number of benzene rings is 2. The monoisotopic (exact) mass is 440 g/mol. The first-order chi connectivity index (χ1) is 12.7. The van der Waals surface area contributed by atoms with E-state index in [0.29, 0.717) is 12.3 Å². The fourth-order valence-corrected chi connectivity index (χ4v) is 3.66. The summed E-state index contributed by atoms with van der Waals surface area (Å²) in [5.41, 5.74) is 3.71. The van der Waals surface area contributed by atoms with Gasteiger partial charge in [0.25, 0.3) is 5.91 Å². The van der Waals surface area contributed by atoms with Crippen LogP contribution >= 0.6 is 36.6 Å². The topological polar surface area (TPSA) is 69.8 Å². The Labute approximate surface area is 182 Å². The standard InChI is InChI=1S/C20H24N4OS.2ClH/c1-3-21-14(2)12-22-19(25)16-9-5-4-8-15(16)13-26-20-23-17-10-6-7-11-18(17)24-20;;/h4-11,14,21H,3,12-13H2,1-2H3,(H,22,25)(H,23,24);2*1H/t14-;;/m1../s1. The number of fused-ring (bicyclic) bond motifs is 1. The molecule has 3 rings (SSSR count). The van der Waals surface area contributed by atoms with Crippen molar-refractivity contribution in [2.24, 2.45) is 0 Å². The maximum Gasteiger partial charge on any atom is 0.251 e. The Bertz CT molecular complexity index is 854. The highest BCUT2D eigenvalue weighted by Gasteiger charge is 2.13. The zero-order valence-corrected chi connectivity index (χ0v) is 18.3. The molecule has 0 aliphatic rings. The van der Waals surface area contributed by atoms with Gasteiger partial charge in [-0.05, 0) is 37.2 Å². The van der Waals surface area contributed by atoms with Gasteiger partial charge in [0.05, 0.1) is 11.0 Å². The molecule has 28 heavy (non-hydrogen) atoms.